The number of ether oxygens (including phenoxy) is 1. The van der Waals surface area contributed by atoms with E-state index in [1.807, 2.05) is 23.6 Å². The van der Waals surface area contributed by atoms with Crippen molar-refractivity contribution >= 4 is 29.1 Å². The summed E-state index contributed by atoms with van der Waals surface area (Å²) < 4.78 is 5.46. The van der Waals surface area contributed by atoms with Crippen LogP contribution >= 0.6 is 11.3 Å². The first-order valence-electron chi connectivity index (χ1n) is 12.6. The molecule has 3 N–H and O–H groups in total. The maximum absolute atomic E-state index is 13.8. The van der Waals surface area contributed by atoms with E-state index in [0.717, 1.165) is 18.5 Å². The number of thiazole rings is 1. The van der Waals surface area contributed by atoms with Crippen LogP contribution < -0.4 is 11.1 Å². The van der Waals surface area contributed by atoms with Crippen LogP contribution in [0.3, 0.4) is 0 Å². The first kappa shape index (κ1) is 27.8. The standard InChI is InChI=1S/C27H38N4O4S/c1-4-35-25(34)27(16-21-17-36-19-29-21)14-9-15-31(18-27)23(32)22(30-24(33)26(2,3)28)13-8-12-20-10-6-5-7-11-20/h5-7,10-11,17,19,22H,4,8-9,12-16,18,28H2,1-3H3,(H,30,33)/t22-,27+/m1/s1. The van der Waals surface area contributed by atoms with E-state index in [0.29, 0.717) is 32.2 Å². The van der Waals surface area contributed by atoms with Crippen LogP contribution in [0.5, 0.6) is 0 Å². The van der Waals surface area contributed by atoms with Crippen LogP contribution in [0.4, 0.5) is 0 Å². The molecule has 1 aliphatic rings. The van der Waals surface area contributed by atoms with E-state index in [4.69, 9.17) is 10.5 Å². The van der Waals surface area contributed by atoms with Crippen LogP contribution in [0.2, 0.25) is 0 Å². The van der Waals surface area contributed by atoms with Gasteiger partial charge in [0.2, 0.25) is 11.8 Å². The molecule has 1 aliphatic heterocycles. The highest BCUT2D eigenvalue weighted by Crippen LogP contribution is 2.36. The molecular formula is C27H38N4O4S. The third kappa shape index (κ3) is 7.36. The van der Waals surface area contributed by atoms with Crippen molar-refractivity contribution in [2.24, 2.45) is 11.1 Å². The number of rotatable bonds is 11. The van der Waals surface area contributed by atoms with Crippen molar-refractivity contribution in [3.63, 3.8) is 0 Å². The molecule has 8 nitrogen and oxygen atoms in total. The maximum Gasteiger partial charge on any atom is 0.314 e. The molecule has 2 heterocycles. The number of aromatic nitrogens is 1. The predicted octanol–water partition coefficient (Wildman–Crippen LogP) is 3.10. The van der Waals surface area contributed by atoms with Crippen LogP contribution in [-0.4, -0.2) is 58.9 Å². The molecule has 1 fully saturated rings. The molecule has 36 heavy (non-hydrogen) atoms. The monoisotopic (exact) mass is 514 g/mol. The number of esters is 1. The molecule has 0 saturated carbocycles. The molecule has 2 aromatic rings. The van der Waals surface area contributed by atoms with Gasteiger partial charge in [0.25, 0.3) is 0 Å². The molecule has 0 bridgehead atoms. The number of hydrogen-bond acceptors (Lipinski definition) is 7. The number of nitrogens with one attached hydrogen (secondary N) is 1. The third-order valence-corrected chi connectivity index (χ3v) is 7.22. The predicted molar refractivity (Wildman–Crippen MR) is 140 cm³/mol. The topological polar surface area (TPSA) is 115 Å². The molecule has 2 atom stereocenters. The van der Waals surface area contributed by atoms with Crippen molar-refractivity contribution in [2.75, 3.05) is 19.7 Å². The molecular weight excluding hydrogens is 476 g/mol. The number of nitrogens with two attached hydrogens (primary N) is 1. The molecule has 9 heteroatoms. The van der Waals surface area contributed by atoms with Gasteiger partial charge in [-0.2, -0.15) is 0 Å². The van der Waals surface area contributed by atoms with E-state index in [1.54, 1.807) is 31.2 Å². The minimum Gasteiger partial charge on any atom is -0.466 e. The second-order valence-electron chi connectivity index (χ2n) is 10.1. The lowest BCUT2D eigenvalue weighted by Gasteiger charge is -2.42. The Morgan fingerprint density at radius 2 is 2.03 bits per heavy atom. The first-order chi connectivity index (χ1) is 17.1. The average Bonchev–Trinajstić information content (AvgIpc) is 3.36. The van der Waals surface area contributed by atoms with Gasteiger partial charge in [-0.3, -0.25) is 14.4 Å². The van der Waals surface area contributed by atoms with Crippen LogP contribution in [0.25, 0.3) is 0 Å². The maximum atomic E-state index is 13.8. The van der Waals surface area contributed by atoms with E-state index >= 15 is 0 Å². The Morgan fingerprint density at radius 3 is 2.67 bits per heavy atom. The summed E-state index contributed by atoms with van der Waals surface area (Å²) in [5.41, 5.74) is 7.78. The number of hydrogen-bond donors (Lipinski definition) is 2. The summed E-state index contributed by atoms with van der Waals surface area (Å²) in [5.74, 6) is -0.868. The number of carbonyl (C=O) groups excluding carboxylic acids is 3. The summed E-state index contributed by atoms with van der Waals surface area (Å²) in [6, 6.07) is 9.33. The quantitative estimate of drug-likeness (QED) is 0.446. The highest BCUT2D eigenvalue weighted by molar-refractivity contribution is 7.07. The van der Waals surface area contributed by atoms with E-state index in [-0.39, 0.29) is 30.9 Å². The van der Waals surface area contributed by atoms with Gasteiger partial charge in [-0.25, -0.2) is 4.98 Å². The van der Waals surface area contributed by atoms with Gasteiger partial charge >= 0.3 is 5.97 Å². The van der Waals surface area contributed by atoms with Crippen molar-refractivity contribution in [3.05, 3.63) is 52.5 Å². The number of carbonyl (C=O) groups is 3. The normalized spacial score (nSPS) is 18.9. The van der Waals surface area contributed by atoms with Crippen LogP contribution in [0.15, 0.2) is 41.2 Å². The molecule has 1 saturated heterocycles. The summed E-state index contributed by atoms with van der Waals surface area (Å²) in [6.45, 7) is 6.05. The first-order valence-corrected chi connectivity index (χ1v) is 13.6. The highest BCUT2D eigenvalue weighted by Gasteiger charge is 2.46. The van der Waals surface area contributed by atoms with Crippen molar-refractivity contribution < 1.29 is 19.1 Å². The molecule has 0 aliphatic carbocycles. The lowest BCUT2D eigenvalue weighted by atomic mass is 9.76. The fourth-order valence-corrected chi connectivity index (χ4v) is 5.19. The van der Waals surface area contributed by atoms with E-state index in [1.165, 1.54) is 16.9 Å². The van der Waals surface area contributed by atoms with Gasteiger partial charge in [0.05, 0.1) is 28.8 Å². The second kappa shape index (κ2) is 12.5. The SMILES string of the molecule is CCOC(=O)[C@]1(Cc2cscn2)CCCN(C(=O)[C@@H](CCCc2ccccc2)NC(=O)C(C)(C)N)C1. The molecule has 0 spiro atoms. The van der Waals surface area contributed by atoms with E-state index in [9.17, 15) is 14.4 Å². The molecule has 0 radical (unpaired) electrons. The Balaban J connectivity index is 1.78. The number of benzene rings is 1. The van der Waals surface area contributed by atoms with Gasteiger partial charge in [0.15, 0.2) is 0 Å². The largest absolute Gasteiger partial charge is 0.466 e. The van der Waals surface area contributed by atoms with Gasteiger partial charge in [0.1, 0.15) is 6.04 Å². The van der Waals surface area contributed by atoms with Crippen molar-refractivity contribution in [1.82, 2.24) is 15.2 Å². The zero-order chi connectivity index (χ0) is 26.2. The Kier molecular flexibility index (Phi) is 9.62. The van der Waals surface area contributed by atoms with Gasteiger partial charge in [-0.15, -0.1) is 11.3 Å². The van der Waals surface area contributed by atoms with Crippen LogP contribution in [-0.2, 0) is 32.0 Å². The van der Waals surface area contributed by atoms with Crippen molar-refractivity contribution in [1.29, 1.82) is 0 Å². The minimum absolute atomic E-state index is 0.188. The van der Waals surface area contributed by atoms with Gasteiger partial charge < -0.3 is 20.7 Å². The second-order valence-corrected chi connectivity index (χ2v) is 10.9. The third-order valence-electron chi connectivity index (χ3n) is 6.59. The Labute approximate surface area is 217 Å². The van der Waals surface area contributed by atoms with Crippen molar-refractivity contribution in [3.8, 4) is 0 Å². The zero-order valence-electron chi connectivity index (χ0n) is 21.5. The number of piperidine rings is 1. The molecule has 3 rings (SSSR count). The Morgan fingerprint density at radius 1 is 1.28 bits per heavy atom. The summed E-state index contributed by atoms with van der Waals surface area (Å²) >= 11 is 1.48. The van der Waals surface area contributed by atoms with Gasteiger partial charge in [-0.1, -0.05) is 30.3 Å². The number of likely N-dealkylation sites (tertiary alicyclic amines) is 1. The molecule has 196 valence electrons. The number of amides is 2. The van der Waals surface area contributed by atoms with E-state index < -0.39 is 17.0 Å². The van der Waals surface area contributed by atoms with Crippen LogP contribution in [0, 0.1) is 5.41 Å². The van der Waals surface area contributed by atoms with Crippen LogP contribution in [0.1, 0.15) is 57.7 Å². The number of aryl methyl sites for hydroxylation is 1. The fourth-order valence-electron chi connectivity index (χ4n) is 4.64. The Hall–Kier alpha value is -2.78. The average molecular weight is 515 g/mol. The molecule has 2 amide bonds. The van der Waals surface area contributed by atoms with Gasteiger partial charge in [-0.05, 0) is 58.4 Å². The Bertz CT molecular complexity index is 1010. The summed E-state index contributed by atoms with van der Waals surface area (Å²) in [4.78, 5) is 45.8. The minimum atomic E-state index is -1.11. The molecule has 0 unspecified atom stereocenters. The number of nitrogens with zero attached hydrogens (tertiary/aromatic N) is 2. The van der Waals surface area contributed by atoms with E-state index in [2.05, 4.69) is 22.4 Å². The van der Waals surface area contributed by atoms with Crippen molar-refractivity contribution in [2.45, 2.75) is 70.9 Å². The fraction of sp³-hybridized carbons (Fsp3) is 0.556. The smallest absolute Gasteiger partial charge is 0.314 e. The lowest BCUT2D eigenvalue weighted by molar-refractivity contribution is -0.161. The summed E-state index contributed by atoms with van der Waals surface area (Å²) in [5, 5.41) is 4.81. The molecule has 1 aromatic heterocycles. The lowest BCUT2D eigenvalue weighted by Crippen LogP contribution is -2.59. The zero-order valence-corrected chi connectivity index (χ0v) is 22.3. The summed E-state index contributed by atoms with van der Waals surface area (Å²) in [6.07, 6.45) is 3.70. The van der Waals surface area contributed by atoms with Gasteiger partial charge in [0, 0.05) is 24.9 Å². The molecule has 1 aromatic carbocycles. The highest BCUT2D eigenvalue weighted by atomic mass is 32.1. The summed E-state index contributed by atoms with van der Waals surface area (Å²) in [7, 11) is 0.